The van der Waals surface area contributed by atoms with Gasteiger partial charge >= 0.3 is 0 Å². The van der Waals surface area contributed by atoms with Gasteiger partial charge in [-0.05, 0) is 42.7 Å². The molecule has 1 atom stereocenters. The van der Waals surface area contributed by atoms with E-state index in [1.807, 2.05) is 54.3 Å². The fourth-order valence-electron chi connectivity index (χ4n) is 3.09. The zero-order valence-electron chi connectivity index (χ0n) is 14.2. The van der Waals surface area contributed by atoms with Gasteiger partial charge in [-0.15, -0.1) is 0 Å². The lowest BCUT2D eigenvalue weighted by Gasteiger charge is -2.18. The lowest BCUT2D eigenvalue weighted by molar-refractivity contribution is -0.128. The van der Waals surface area contributed by atoms with Gasteiger partial charge in [0.1, 0.15) is 0 Å². The van der Waals surface area contributed by atoms with Gasteiger partial charge < -0.3 is 10.2 Å². The van der Waals surface area contributed by atoms with E-state index in [2.05, 4.69) is 21.2 Å². The zero-order valence-corrected chi connectivity index (χ0v) is 15.8. The molecule has 0 aromatic heterocycles. The van der Waals surface area contributed by atoms with E-state index in [4.69, 9.17) is 0 Å². The first-order valence-electron chi connectivity index (χ1n) is 8.46. The van der Waals surface area contributed by atoms with E-state index in [1.54, 1.807) is 6.07 Å². The van der Waals surface area contributed by atoms with Gasteiger partial charge in [-0.3, -0.25) is 9.59 Å². The van der Waals surface area contributed by atoms with Crippen molar-refractivity contribution in [3.05, 3.63) is 69.7 Å². The Morgan fingerprint density at radius 1 is 1.24 bits per heavy atom. The zero-order chi connectivity index (χ0) is 17.8. The second-order valence-corrected chi connectivity index (χ2v) is 7.19. The van der Waals surface area contributed by atoms with Crippen LogP contribution >= 0.6 is 15.9 Å². The molecule has 0 bridgehead atoms. The lowest BCUT2D eigenvalue weighted by atomic mass is 10.1. The van der Waals surface area contributed by atoms with Crippen molar-refractivity contribution < 1.29 is 9.59 Å². The first kappa shape index (κ1) is 17.7. The number of hydrogen-bond donors (Lipinski definition) is 1. The molecule has 2 aromatic rings. The van der Waals surface area contributed by atoms with Gasteiger partial charge in [0.05, 0.1) is 6.04 Å². The highest BCUT2D eigenvalue weighted by atomic mass is 79.9. The predicted octanol–water partition coefficient (Wildman–Crippen LogP) is 4.06. The van der Waals surface area contributed by atoms with Crippen LogP contribution in [0.5, 0.6) is 0 Å². The van der Waals surface area contributed by atoms with Gasteiger partial charge in [-0.25, -0.2) is 0 Å². The molecule has 0 aliphatic carbocycles. The van der Waals surface area contributed by atoms with Gasteiger partial charge in [-0.1, -0.05) is 46.3 Å². The summed E-state index contributed by atoms with van der Waals surface area (Å²) in [4.78, 5) is 26.2. The Bertz CT molecular complexity index is 791. The topological polar surface area (TPSA) is 49.4 Å². The van der Waals surface area contributed by atoms with Crippen molar-refractivity contribution in [3.63, 3.8) is 0 Å². The molecule has 1 N–H and O–H groups in total. The van der Waals surface area contributed by atoms with E-state index in [1.165, 1.54) is 0 Å². The van der Waals surface area contributed by atoms with Crippen LogP contribution in [0.1, 0.15) is 47.3 Å². The number of likely N-dealkylation sites (tertiary alicyclic amines) is 1. The van der Waals surface area contributed by atoms with Crippen LogP contribution < -0.4 is 5.32 Å². The van der Waals surface area contributed by atoms with E-state index in [9.17, 15) is 9.59 Å². The van der Waals surface area contributed by atoms with Crippen LogP contribution in [0.4, 0.5) is 0 Å². The smallest absolute Gasteiger partial charge is 0.251 e. The van der Waals surface area contributed by atoms with E-state index in [0.29, 0.717) is 18.5 Å². The van der Waals surface area contributed by atoms with Crippen molar-refractivity contribution >= 4 is 27.7 Å². The van der Waals surface area contributed by atoms with Crippen LogP contribution in [-0.4, -0.2) is 23.3 Å². The molecule has 2 aromatic carbocycles. The molecule has 1 heterocycles. The molecule has 5 heteroatoms. The number of carbonyl (C=O) groups excluding carboxylic acids is 2. The van der Waals surface area contributed by atoms with Crippen LogP contribution in [0.15, 0.2) is 53.0 Å². The number of carbonyl (C=O) groups is 2. The first-order chi connectivity index (χ1) is 12.0. The third-order valence-corrected chi connectivity index (χ3v) is 5.18. The summed E-state index contributed by atoms with van der Waals surface area (Å²) in [6, 6.07) is 15.3. The lowest BCUT2D eigenvalue weighted by Crippen LogP contribution is -2.27. The molecule has 1 fully saturated rings. The van der Waals surface area contributed by atoms with Gasteiger partial charge in [0.15, 0.2) is 0 Å². The molecule has 1 unspecified atom stereocenters. The maximum Gasteiger partial charge on any atom is 0.251 e. The highest BCUT2D eigenvalue weighted by molar-refractivity contribution is 9.10. The summed E-state index contributed by atoms with van der Waals surface area (Å²) in [6.45, 7) is 3.33. The summed E-state index contributed by atoms with van der Waals surface area (Å²) in [5.41, 5.74) is 2.63. The minimum Gasteiger partial charge on any atom is -0.345 e. The Balaban J connectivity index is 1.69. The second kappa shape index (κ2) is 7.83. The minimum atomic E-state index is -0.113. The third-order valence-electron chi connectivity index (χ3n) is 4.45. The van der Waals surface area contributed by atoms with Crippen molar-refractivity contribution in [3.8, 4) is 0 Å². The Kier molecular flexibility index (Phi) is 5.53. The first-order valence-corrected chi connectivity index (χ1v) is 9.26. The summed E-state index contributed by atoms with van der Waals surface area (Å²) in [7, 11) is 0. The van der Waals surface area contributed by atoms with Crippen molar-refractivity contribution in [2.75, 3.05) is 6.54 Å². The molecular formula is C20H21BrN2O2. The molecular weight excluding hydrogens is 380 g/mol. The SMILES string of the molecule is CC(NC(=O)c1cccc(CN2CCCC2=O)c1)c1ccccc1Br. The number of nitrogens with one attached hydrogen (secondary N) is 1. The molecule has 2 amide bonds. The number of rotatable bonds is 5. The van der Waals surface area contributed by atoms with Crippen molar-refractivity contribution in [2.24, 2.45) is 0 Å². The van der Waals surface area contributed by atoms with E-state index in [0.717, 1.165) is 28.6 Å². The normalized spacial score (nSPS) is 15.3. The largest absolute Gasteiger partial charge is 0.345 e. The number of hydrogen-bond acceptors (Lipinski definition) is 2. The summed E-state index contributed by atoms with van der Waals surface area (Å²) in [5.74, 6) is 0.0789. The highest BCUT2D eigenvalue weighted by Crippen LogP contribution is 2.23. The highest BCUT2D eigenvalue weighted by Gasteiger charge is 2.20. The van der Waals surface area contributed by atoms with E-state index in [-0.39, 0.29) is 17.9 Å². The van der Waals surface area contributed by atoms with Crippen LogP contribution in [0.3, 0.4) is 0 Å². The fourth-order valence-corrected chi connectivity index (χ4v) is 3.71. The second-order valence-electron chi connectivity index (χ2n) is 6.34. The quantitative estimate of drug-likeness (QED) is 0.822. The molecule has 4 nitrogen and oxygen atoms in total. The molecule has 1 aliphatic rings. The minimum absolute atomic E-state index is 0.105. The van der Waals surface area contributed by atoms with Gasteiger partial charge in [0.25, 0.3) is 5.91 Å². The molecule has 0 saturated carbocycles. The average molecular weight is 401 g/mol. The Labute approximate surface area is 156 Å². The number of halogens is 1. The molecule has 0 radical (unpaired) electrons. The maximum atomic E-state index is 12.6. The molecule has 1 aliphatic heterocycles. The van der Waals surface area contributed by atoms with E-state index < -0.39 is 0 Å². The van der Waals surface area contributed by atoms with Crippen LogP contribution in [0.2, 0.25) is 0 Å². The summed E-state index contributed by atoms with van der Waals surface area (Å²) >= 11 is 3.52. The van der Waals surface area contributed by atoms with Crippen LogP contribution in [0, 0.1) is 0 Å². The molecule has 25 heavy (non-hydrogen) atoms. The van der Waals surface area contributed by atoms with Crippen molar-refractivity contribution in [1.82, 2.24) is 10.2 Å². The maximum absolute atomic E-state index is 12.6. The number of amides is 2. The van der Waals surface area contributed by atoms with Gasteiger partial charge in [0.2, 0.25) is 5.91 Å². The average Bonchev–Trinajstić information content (AvgIpc) is 3.00. The van der Waals surface area contributed by atoms with Gasteiger partial charge in [0, 0.05) is 29.5 Å². The summed E-state index contributed by atoms with van der Waals surface area (Å²) < 4.78 is 0.976. The predicted molar refractivity (Wildman–Crippen MR) is 101 cm³/mol. The fraction of sp³-hybridized carbons (Fsp3) is 0.300. The molecule has 130 valence electrons. The molecule has 3 rings (SSSR count). The number of nitrogens with zero attached hydrogens (tertiary/aromatic N) is 1. The summed E-state index contributed by atoms with van der Waals surface area (Å²) in [6.07, 6.45) is 1.55. The Morgan fingerprint density at radius 2 is 2.04 bits per heavy atom. The monoisotopic (exact) mass is 400 g/mol. The van der Waals surface area contributed by atoms with E-state index >= 15 is 0 Å². The molecule has 1 saturated heterocycles. The van der Waals surface area contributed by atoms with Crippen LogP contribution in [0.25, 0.3) is 0 Å². The molecule has 0 spiro atoms. The number of benzene rings is 2. The van der Waals surface area contributed by atoms with Gasteiger partial charge in [-0.2, -0.15) is 0 Å². The third kappa shape index (κ3) is 4.28. The van der Waals surface area contributed by atoms with Crippen molar-refractivity contribution in [1.29, 1.82) is 0 Å². The van der Waals surface area contributed by atoms with Crippen molar-refractivity contribution in [2.45, 2.75) is 32.4 Å². The Morgan fingerprint density at radius 3 is 2.76 bits per heavy atom. The standard InChI is InChI=1S/C20H21BrN2O2/c1-14(17-8-2-3-9-18(17)21)22-20(25)16-7-4-6-15(12-16)13-23-11-5-10-19(23)24/h2-4,6-9,12,14H,5,10-11,13H2,1H3,(H,22,25). The Hall–Kier alpha value is -2.14. The summed E-state index contributed by atoms with van der Waals surface area (Å²) in [5, 5.41) is 3.03. The van der Waals surface area contributed by atoms with Crippen LogP contribution in [-0.2, 0) is 11.3 Å².